The maximum Gasteiger partial charge on any atom is 0.191 e. The number of nitrogens with two attached hydrogens (primary N) is 1. The van der Waals surface area contributed by atoms with E-state index in [4.69, 9.17) is 5.73 Å². The molecule has 78 valence electrons. The molecule has 0 amide bonds. The summed E-state index contributed by atoms with van der Waals surface area (Å²) in [6.45, 7) is 5.08. The number of hydrogen-bond donors (Lipinski definition) is 1. The van der Waals surface area contributed by atoms with E-state index in [1.807, 2.05) is 23.7 Å². The number of rotatable bonds is 5. The average Bonchev–Trinajstić information content (AvgIpc) is 2.13. The molecule has 0 aromatic heterocycles. The quantitative estimate of drug-likeness (QED) is 0.542. The van der Waals surface area contributed by atoms with Gasteiger partial charge in [0.1, 0.15) is 0 Å². The highest BCUT2D eigenvalue weighted by atomic mass is 32.2. The first-order valence-corrected chi connectivity index (χ1v) is 6.04. The van der Waals surface area contributed by atoms with Gasteiger partial charge >= 0.3 is 0 Å². The van der Waals surface area contributed by atoms with Crippen molar-refractivity contribution in [3.05, 3.63) is 0 Å². The second-order valence-corrected chi connectivity index (χ2v) is 4.07. The van der Waals surface area contributed by atoms with Crippen LogP contribution in [0.2, 0.25) is 0 Å². The molecule has 0 aliphatic heterocycles. The predicted octanol–water partition coefficient (Wildman–Crippen LogP) is 1.39. The minimum atomic E-state index is 0.454. The molecule has 1 unspecified atom stereocenters. The van der Waals surface area contributed by atoms with Crippen molar-refractivity contribution in [2.75, 3.05) is 25.6 Å². The van der Waals surface area contributed by atoms with Crippen LogP contribution in [0.3, 0.4) is 0 Å². The third kappa shape index (κ3) is 5.03. The van der Waals surface area contributed by atoms with E-state index in [1.165, 1.54) is 0 Å². The van der Waals surface area contributed by atoms with Crippen LogP contribution in [0.5, 0.6) is 0 Å². The Morgan fingerprint density at radius 1 is 1.62 bits per heavy atom. The Kier molecular flexibility index (Phi) is 6.86. The molecule has 2 N–H and O–H groups in total. The molecule has 1 atom stereocenters. The van der Waals surface area contributed by atoms with Crippen molar-refractivity contribution in [3.63, 3.8) is 0 Å². The second-order valence-electron chi connectivity index (χ2n) is 3.16. The van der Waals surface area contributed by atoms with Gasteiger partial charge in [-0.25, -0.2) is 0 Å². The van der Waals surface area contributed by atoms with Crippen LogP contribution >= 0.6 is 11.8 Å². The summed E-state index contributed by atoms with van der Waals surface area (Å²) < 4.78 is 0. The first kappa shape index (κ1) is 12.6. The van der Waals surface area contributed by atoms with Crippen molar-refractivity contribution in [2.24, 2.45) is 10.7 Å². The lowest BCUT2D eigenvalue weighted by molar-refractivity contribution is 0.417. The van der Waals surface area contributed by atoms with Crippen LogP contribution < -0.4 is 5.73 Å². The smallest absolute Gasteiger partial charge is 0.191 e. The third-order valence-electron chi connectivity index (χ3n) is 1.93. The van der Waals surface area contributed by atoms with Crippen molar-refractivity contribution in [2.45, 2.75) is 26.3 Å². The van der Waals surface area contributed by atoms with Crippen molar-refractivity contribution in [3.8, 4) is 0 Å². The van der Waals surface area contributed by atoms with Gasteiger partial charge in [0.2, 0.25) is 0 Å². The summed E-state index contributed by atoms with van der Waals surface area (Å²) in [4.78, 5) is 6.29. The van der Waals surface area contributed by atoms with Gasteiger partial charge in [-0.3, -0.25) is 4.99 Å². The van der Waals surface area contributed by atoms with E-state index < -0.39 is 0 Å². The van der Waals surface area contributed by atoms with Gasteiger partial charge in [-0.15, -0.1) is 0 Å². The van der Waals surface area contributed by atoms with E-state index in [0.717, 1.165) is 18.7 Å². The van der Waals surface area contributed by atoms with Crippen LogP contribution in [0, 0.1) is 0 Å². The maximum absolute atomic E-state index is 5.80. The zero-order valence-electron chi connectivity index (χ0n) is 9.08. The van der Waals surface area contributed by atoms with Crippen LogP contribution in [0.1, 0.15) is 20.3 Å². The van der Waals surface area contributed by atoms with Crippen LogP contribution in [-0.4, -0.2) is 42.5 Å². The molecule has 0 saturated heterocycles. The second kappa shape index (κ2) is 7.06. The largest absolute Gasteiger partial charge is 0.370 e. The predicted molar refractivity (Wildman–Crippen MR) is 62.4 cm³/mol. The Labute approximate surface area is 85.8 Å². The molecule has 0 rings (SSSR count). The lowest BCUT2D eigenvalue weighted by atomic mass is 10.3. The Bertz CT molecular complexity index is 159. The van der Waals surface area contributed by atoms with Crippen LogP contribution in [0.4, 0.5) is 0 Å². The zero-order valence-corrected chi connectivity index (χ0v) is 9.90. The molecule has 0 aromatic rings. The van der Waals surface area contributed by atoms with Gasteiger partial charge in [0, 0.05) is 25.4 Å². The molecule has 0 fully saturated rings. The fraction of sp³-hybridized carbons (Fsp3) is 0.889. The molecule has 13 heavy (non-hydrogen) atoms. The summed E-state index contributed by atoms with van der Waals surface area (Å²) in [5.74, 6) is 1.74. The molecule has 0 aliphatic rings. The highest BCUT2D eigenvalue weighted by Gasteiger charge is 2.09. The summed E-state index contributed by atoms with van der Waals surface area (Å²) in [6.07, 6.45) is 3.15. The van der Waals surface area contributed by atoms with Crippen molar-refractivity contribution >= 4 is 17.7 Å². The highest BCUT2D eigenvalue weighted by Crippen LogP contribution is 2.02. The Morgan fingerprint density at radius 2 is 2.23 bits per heavy atom. The molecule has 0 aromatic carbocycles. The minimum absolute atomic E-state index is 0.454. The molecule has 0 saturated carbocycles. The molecular weight excluding hydrogens is 182 g/mol. The molecule has 0 aliphatic carbocycles. The molecule has 0 bridgehead atoms. The van der Waals surface area contributed by atoms with Crippen LogP contribution in [0.25, 0.3) is 0 Å². The molecule has 0 radical (unpaired) electrons. The third-order valence-corrected chi connectivity index (χ3v) is 2.74. The standard InChI is InChI=1S/C9H21N3S/c1-5-6-11-9(10)12(3)8(2)7-13-4/h8H,5-7H2,1-4H3,(H2,10,11). The monoisotopic (exact) mass is 203 g/mol. The first-order chi connectivity index (χ1) is 6.13. The number of aliphatic imine (C=N–C) groups is 1. The molecule has 0 spiro atoms. The Hall–Kier alpha value is -0.380. The summed E-state index contributed by atoms with van der Waals surface area (Å²) >= 11 is 1.83. The lowest BCUT2D eigenvalue weighted by Crippen LogP contribution is -2.41. The summed E-state index contributed by atoms with van der Waals surface area (Å²) in [6, 6.07) is 0.454. The summed E-state index contributed by atoms with van der Waals surface area (Å²) in [5.41, 5.74) is 5.80. The number of hydrogen-bond acceptors (Lipinski definition) is 2. The number of nitrogens with zero attached hydrogens (tertiary/aromatic N) is 2. The normalized spacial score (nSPS) is 14.3. The van der Waals surface area contributed by atoms with Crippen molar-refractivity contribution in [1.29, 1.82) is 0 Å². The topological polar surface area (TPSA) is 41.6 Å². The van der Waals surface area contributed by atoms with Gasteiger partial charge in [0.25, 0.3) is 0 Å². The van der Waals surface area contributed by atoms with Gasteiger partial charge in [0.15, 0.2) is 5.96 Å². The van der Waals surface area contributed by atoms with E-state index in [-0.39, 0.29) is 0 Å². The van der Waals surface area contributed by atoms with E-state index in [1.54, 1.807) is 0 Å². The van der Waals surface area contributed by atoms with Gasteiger partial charge in [-0.1, -0.05) is 6.92 Å². The highest BCUT2D eigenvalue weighted by molar-refractivity contribution is 7.98. The number of guanidine groups is 1. The van der Waals surface area contributed by atoms with Gasteiger partial charge < -0.3 is 10.6 Å². The number of thioether (sulfide) groups is 1. The van der Waals surface area contributed by atoms with Crippen LogP contribution in [0.15, 0.2) is 4.99 Å². The maximum atomic E-state index is 5.80. The van der Waals surface area contributed by atoms with Gasteiger partial charge in [-0.2, -0.15) is 11.8 Å². The lowest BCUT2D eigenvalue weighted by Gasteiger charge is -2.25. The Balaban J connectivity index is 3.99. The van der Waals surface area contributed by atoms with E-state index in [2.05, 4.69) is 25.1 Å². The summed E-state index contributed by atoms with van der Waals surface area (Å²) in [7, 11) is 2.00. The van der Waals surface area contributed by atoms with E-state index in [9.17, 15) is 0 Å². The minimum Gasteiger partial charge on any atom is -0.370 e. The van der Waals surface area contributed by atoms with Gasteiger partial charge in [-0.05, 0) is 19.6 Å². The zero-order chi connectivity index (χ0) is 10.3. The van der Waals surface area contributed by atoms with E-state index in [0.29, 0.717) is 12.0 Å². The van der Waals surface area contributed by atoms with Gasteiger partial charge in [0.05, 0.1) is 0 Å². The Morgan fingerprint density at radius 3 is 2.69 bits per heavy atom. The SMILES string of the molecule is CCCN=C(N)N(C)C(C)CSC. The molecule has 0 heterocycles. The molecular formula is C9H21N3S. The first-order valence-electron chi connectivity index (χ1n) is 4.65. The van der Waals surface area contributed by atoms with Crippen molar-refractivity contribution in [1.82, 2.24) is 4.90 Å². The molecule has 4 heteroatoms. The average molecular weight is 203 g/mol. The fourth-order valence-electron chi connectivity index (χ4n) is 0.917. The molecule has 3 nitrogen and oxygen atoms in total. The fourth-order valence-corrected chi connectivity index (χ4v) is 1.62. The van der Waals surface area contributed by atoms with Crippen molar-refractivity contribution < 1.29 is 0 Å². The van der Waals surface area contributed by atoms with E-state index >= 15 is 0 Å². The van der Waals surface area contributed by atoms with Crippen LogP contribution in [-0.2, 0) is 0 Å². The summed E-state index contributed by atoms with van der Waals surface area (Å²) in [5, 5.41) is 0.